The van der Waals surface area contributed by atoms with Gasteiger partial charge in [0, 0.05) is 0 Å². The zero-order chi connectivity index (χ0) is 12.0. The average Bonchev–Trinajstić information content (AvgIpc) is 2.30. The molecule has 86 valence electrons. The number of aliphatic hydroxyl groups is 1. The molecule has 1 aromatic carbocycles. The van der Waals surface area contributed by atoms with E-state index < -0.39 is 18.2 Å². The summed E-state index contributed by atoms with van der Waals surface area (Å²) in [6.07, 6.45) is -0.955. The Morgan fingerprint density at radius 1 is 1.44 bits per heavy atom. The van der Waals surface area contributed by atoms with Gasteiger partial charge in [-0.2, -0.15) is 0 Å². The lowest BCUT2D eigenvalue weighted by Crippen LogP contribution is -2.29. The SMILES string of the molecule is C=CCOC(c1ccccc1)C(O)C(=O)O. The number of ether oxygens (including phenoxy) is 1. The van der Waals surface area contributed by atoms with Crippen LogP contribution < -0.4 is 0 Å². The van der Waals surface area contributed by atoms with Gasteiger partial charge in [0.05, 0.1) is 6.61 Å². The molecule has 0 radical (unpaired) electrons. The summed E-state index contributed by atoms with van der Waals surface area (Å²) in [4.78, 5) is 10.7. The Balaban J connectivity index is 2.86. The molecule has 0 saturated carbocycles. The van der Waals surface area contributed by atoms with E-state index in [-0.39, 0.29) is 6.61 Å². The molecule has 2 unspecified atom stereocenters. The van der Waals surface area contributed by atoms with Crippen LogP contribution >= 0.6 is 0 Å². The summed E-state index contributed by atoms with van der Waals surface area (Å²) >= 11 is 0. The first-order valence-electron chi connectivity index (χ1n) is 4.85. The average molecular weight is 222 g/mol. The molecule has 0 amide bonds. The summed E-state index contributed by atoms with van der Waals surface area (Å²) in [6, 6.07) is 8.74. The number of hydrogen-bond acceptors (Lipinski definition) is 3. The van der Waals surface area contributed by atoms with Crippen molar-refractivity contribution >= 4 is 5.97 Å². The van der Waals surface area contributed by atoms with Crippen LogP contribution in [0.3, 0.4) is 0 Å². The largest absolute Gasteiger partial charge is 0.479 e. The molecule has 0 spiro atoms. The van der Waals surface area contributed by atoms with Crippen LogP contribution in [0.25, 0.3) is 0 Å². The summed E-state index contributed by atoms with van der Waals surface area (Å²) in [7, 11) is 0. The summed E-state index contributed by atoms with van der Waals surface area (Å²) in [5.41, 5.74) is 0.624. The molecule has 0 aliphatic heterocycles. The van der Waals surface area contributed by atoms with Crippen molar-refractivity contribution in [3.05, 3.63) is 48.6 Å². The van der Waals surface area contributed by atoms with Crippen LogP contribution in [0.15, 0.2) is 43.0 Å². The number of carboxylic acids is 1. The van der Waals surface area contributed by atoms with E-state index in [9.17, 15) is 9.90 Å². The minimum atomic E-state index is -1.58. The van der Waals surface area contributed by atoms with E-state index in [1.165, 1.54) is 6.08 Å². The van der Waals surface area contributed by atoms with Gasteiger partial charge in [0.2, 0.25) is 0 Å². The number of carboxylic acid groups (broad SMARTS) is 1. The lowest BCUT2D eigenvalue weighted by molar-refractivity contribution is -0.155. The van der Waals surface area contributed by atoms with Crippen molar-refractivity contribution in [3.63, 3.8) is 0 Å². The zero-order valence-electron chi connectivity index (χ0n) is 8.74. The molecule has 0 aliphatic rings. The van der Waals surface area contributed by atoms with E-state index >= 15 is 0 Å². The van der Waals surface area contributed by atoms with Gasteiger partial charge in [0.15, 0.2) is 6.10 Å². The van der Waals surface area contributed by atoms with E-state index in [1.54, 1.807) is 30.3 Å². The second kappa shape index (κ2) is 6.05. The molecule has 2 N–H and O–H groups in total. The third-order valence-corrected chi connectivity index (χ3v) is 2.06. The van der Waals surface area contributed by atoms with E-state index in [0.29, 0.717) is 5.56 Å². The van der Waals surface area contributed by atoms with Crippen molar-refractivity contribution < 1.29 is 19.7 Å². The van der Waals surface area contributed by atoms with Crippen LogP contribution in [0.2, 0.25) is 0 Å². The summed E-state index contributed by atoms with van der Waals surface area (Å²) in [5, 5.41) is 18.3. The van der Waals surface area contributed by atoms with Crippen LogP contribution in [0.1, 0.15) is 11.7 Å². The first-order chi connectivity index (χ1) is 7.66. The van der Waals surface area contributed by atoms with E-state index in [2.05, 4.69) is 6.58 Å². The summed E-state index contributed by atoms with van der Waals surface area (Å²) < 4.78 is 5.25. The Kier molecular flexibility index (Phi) is 4.69. The molecule has 0 saturated heterocycles. The highest BCUT2D eigenvalue weighted by molar-refractivity contribution is 5.73. The minimum Gasteiger partial charge on any atom is -0.479 e. The number of rotatable bonds is 6. The fourth-order valence-electron chi connectivity index (χ4n) is 1.31. The Bertz CT molecular complexity index is 347. The van der Waals surface area contributed by atoms with E-state index in [0.717, 1.165) is 0 Å². The first kappa shape index (κ1) is 12.4. The van der Waals surface area contributed by atoms with Gasteiger partial charge in [-0.05, 0) is 5.56 Å². The van der Waals surface area contributed by atoms with Crippen LogP contribution in [-0.2, 0) is 9.53 Å². The second-order valence-electron chi connectivity index (χ2n) is 3.24. The molecule has 2 atom stereocenters. The van der Waals surface area contributed by atoms with Crippen LogP contribution in [0.4, 0.5) is 0 Å². The monoisotopic (exact) mass is 222 g/mol. The highest BCUT2D eigenvalue weighted by Gasteiger charge is 2.27. The van der Waals surface area contributed by atoms with Gasteiger partial charge in [-0.3, -0.25) is 0 Å². The number of aliphatic carboxylic acids is 1. The normalized spacial score (nSPS) is 14.1. The van der Waals surface area contributed by atoms with Crippen molar-refractivity contribution in [1.82, 2.24) is 0 Å². The molecular weight excluding hydrogens is 208 g/mol. The molecule has 0 bridgehead atoms. The third kappa shape index (κ3) is 3.18. The van der Waals surface area contributed by atoms with Crippen molar-refractivity contribution in [2.24, 2.45) is 0 Å². The van der Waals surface area contributed by atoms with Gasteiger partial charge in [0.25, 0.3) is 0 Å². The molecule has 0 fully saturated rings. The number of carbonyl (C=O) groups is 1. The maximum atomic E-state index is 10.7. The zero-order valence-corrected chi connectivity index (χ0v) is 8.74. The minimum absolute atomic E-state index is 0.184. The Morgan fingerprint density at radius 3 is 2.56 bits per heavy atom. The molecule has 0 aromatic heterocycles. The number of aliphatic hydroxyl groups excluding tert-OH is 1. The molecule has 1 rings (SSSR count). The number of hydrogen-bond donors (Lipinski definition) is 2. The molecule has 1 aromatic rings. The van der Waals surface area contributed by atoms with Gasteiger partial charge < -0.3 is 14.9 Å². The molecular formula is C12H14O4. The fraction of sp³-hybridized carbons (Fsp3) is 0.250. The van der Waals surface area contributed by atoms with Crippen molar-refractivity contribution in [2.45, 2.75) is 12.2 Å². The maximum absolute atomic E-state index is 10.7. The Labute approximate surface area is 93.8 Å². The first-order valence-corrected chi connectivity index (χ1v) is 4.85. The van der Waals surface area contributed by atoms with Gasteiger partial charge in [-0.1, -0.05) is 36.4 Å². The quantitative estimate of drug-likeness (QED) is 0.713. The molecule has 0 heterocycles. The highest BCUT2D eigenvalue weighted by atomic mass is 16.5. The standard InChI is InChI=1S/C12H14O4/c1-2-8-16-11(10(13)12(14)15)9-6-4-3-5-7-9/h2-7,10-11,13H,1,8H2,(H,14,15). The van der Waals surface area contributed by atoms with Gasteiger partial charge in [0.1, 0.15) is 6.10 Å². The molecule has 4 nitrogen and oxygen atoms in total. The second-order valence-corrected chi connectivity index (χ2v) is 3.24. The summed E-state index contributed by atoms with van der Waals surface area (Å²) in [5.74, 6) is -1.31. The number of benzene rings is 1. The third-order valence-electron chi connectivity index (χ3n) is 2.06. The topological polar surface area (TPSA) is 66.8 Å². The van der Waals surface area contributed by atoms with Crippen molar-refractivity contribution in [2.75, 3.05) is 6.61 Å². The van der Waals surface area contributed by atoms with Gasteiger partial charge in [-0.25, -0.2) is 4.79 Å². The van der Waals surface area contributed by atoms with Crippen LogP contribution in [0.5, 0.6) is 0 Å². The Morgan fingerprint density at radius 2 is 2.06 bits per heavy atom. The predicted octanol–water partition coefficient (Wildman–Crippen LogP) is 1.38. The van der Waals surface area contributed by atoms with Gasteiger partial charge in [-0.15, -0.1) is 6.58 Å². The fourth-order valence-corrected chi connectivity index (χ4v) is 1.31. The predicted molar refractivity (Wildman–Crippen MR) is 59.0 cm³/mol. The van der Waals surface area contributed by atoms with E-state index in [4.69, 9.17) is 9.84 Å². The molecule has 0 aliphatic carbocycles. The smallest absolute Gasteiger partial charge is 0.335 e. The van der Waals surface area contributed by atoms with Crippen molar-refractivity contribution in [1.29, 1.82) is 0 Å². The lowest BCUT2D eigenvalue weighted by Gasteiger charge is -2.20. The van der Waals surface area contributed by atoms with Crippen LogP contribution in [0, 0.1) is 0 Å². The highest BCUT2D eigenvalue weighted by Crippen LogP contribution is 2.21. The van der Waals surface area contributed by atoms with Crippen molar-refractivity contribution in [3.8, 4) is 0 Å². The maximum Gasteiger partial charge on any atom is 0.335 e. The Hall–Kier alpha value is -1.65. The summed E-state index contributed by atoms with van der Waals surface area (Å²) in [6.45, 7) is 3.66. The van der Waals surface area contributed by atoms with Gasteiger partial charge >= 0.3 is 5.97 Å². The van der Waals surface area contributed by atoms with Crippen LogP contribution in [-0.4, -0.2) is 28.9 Å². The molecule has 16 heavy (non-hydrogen) atoms. The van der Waals surface area contributed by atoms with E-state index in [1.807, 2.05) is 0 Å². The molecule has 4 heteroatoms. The lowest BCUT2D eigenvalue weighted by atomic mass is 10.0.